The van der Waals surface area contributed by atoms with Gasteiger partial charge in [0, 0.05) is 12.1 Å². The summed E-state index contributed by atoms with van der Waals surface area (Å²) >= 11 is 0. The van der Waals surface area contributed by atoms with Crippen LogP contribution in [0.5, 0.6) is 0 Å². The summed E-state index contributed by atoms with van der Waals surface area (Å²) in [5.74, 6) is 0.721. The predicted octanol–water partition coefficient (Wildman–Crippen LogP) is 2.07. The number of hydrogen-bond acceptors (Lipinski definition) is 3. The van der Waals surface area contributed by atoms with Crippen LogP contribution >= 0.6 is 0 Å². The summed E-state index contributed by atoms with van der Waals surface area (Å²) in [5.41, 5.74) is -0.198. The van der Waals surface area contributed by atoms with E-state index in [0.717, 1.165) is 25.2 Å². The van der Waals surface area contributed by atoms with Gasteiger partial charge in [0.05, 0.1) is 12.7 Å². The minimum absolute atomic E-state index is 0.149. The molecule has 3 nitrogen and oxygen atoms in total. The lowest BCUT2D eigenvalue weighted by molar-refractivity contribution is 0.100. The van der Waals surface area contributed by atoms with E-state index in [-0.39, 0.29) is 18.2 Å². The van der Waals surface area contributed by atoms with E-state index in [4.69, 9.17) is 0 Å². The number of nitrogens with one attached hydrogen (secondary N) is 1. The summed E-state index contributed by atoms with van der Waals surface area (Å²) in [4.78, 5) is 0. The Morgan fingerprint density at radius 1 is 1.24 bits per heavy atom. The number of rotatable bonds is 8. The summed E-state index contributed by atoms with van der Waals surface area (Å²) in [6.45, 7) is 4.92. The molecule has 1 aliphatic carbocycles. The highest BCUT2D eigenvalue weighted by Gasteiger charge is 2.26. The maximum atomic E-state index is 10.0. The number of β-amino-alcohol motifs (C(OH)–C–C–N with tert-alkyl or cyclic N) is 1. The Kier molecular flexibility index (Phi) is 6.45. The zero-order valence-corrected chi connectivity index (χ0v) is 11.4. The maximum absolute atomic E-state index is 10.0. The van der Waals surface area contributed by atoms with Gasteiger partial charge in [-0.1, -0.05) is 39.5 Å². The van der Waals surface area contributed by atoms with Crippen LogP contribution < -0.4 is 5.32 Å². The zero-order valence-electron chi connectivity index (χ0n) is 11.4. The Hall–Kier alpha value is -0.120. The van der Waals surface area contributed by atoms with E-state index in [9.17, 15) is 10.2 Å². The fourth-order valence-electron chi connectivity index (χ4n) is 2.83. The average Bonchev–Trinajstić information content (AvgIpc) is 2.84. The second kappa shape index (κ2) is 7.34. The minimum Gasteiger partial charge on any atom is -0.394 e. The van der Waals surface area contributed by atoms with Gasteiger partial charge in [0.25, 0.3) is 0 Å². The van der Waals surface area contributed by atoms with Crippen molar-refractivity contribution >= 4 is 0 Å². The van der Waals surface area contributed by atoms with Crippen LogP contribution in [-0.4, -0.2) is 35.0 Å². The Morgan fingerprint density at radius 3 is 2.29 bits per heavy atom. The molecule has 1 saturated carbocycles. The largest absolute Gasteiger partial charge is 0.394 e. The molecule has 0 heterocycles. The first-order chi connectivity index (χ1) is 8.15. The Morgan fingerprint density at radius 2 is 1.82 bits per heavy atom. The lowest BCUT2D eigenvalue weighted by Crippen LogP contribution is -2.50. The highest BCUT2D eigenvalue weighted by Crippen LogP contribution is 2.28. The summed E-state index contributed by atoms with van der Waals surface area (Å²) < 4.78 is 0. The van der Waals surface area contributed by atoms with Gasteiger partial charge in [-0.05, 0) is 25.2 Å². The van der Waals surface area contributed by atoms with Crippen molar-refractivity contribution in [3.05, 3.63) is 0 Å². The van der Waals surface area contributed by atoms with Crippen molar-refractivity contribution in [3.8, 4) is 0 Å². The molecule has 102 valence electrons. The van der Waals surface area contributed by atoms with Gasteiger partial charge in [-0.15, -0.1) is 0 Å². The highest BCUT2D eigenvalue weighted by atomic mass is 16.3. The molecule has 17 heavy (non-hydrogen) atoms. The van der Waals surface area contributed by atoms with Crippen molar-refractivity contribution in [2.24, 2.45) is 5.92 Å². The fraction of sp³-hybridized carbons (Fsp3) is 1.00. The van der Waals surface area contributed by atoms with E-state index in [2.05, 4.69) is 19.2 Å². The summed E-state index contributed by atoms with van der Waals surface area (Å²) in [7, 11) is 0. The van der Waals surface area contributed by atoms with Gasteiger partial charge in [-0.25, -0.2) is 0 Å². The number of hydrogen-bond donors (Lipinski definition) is 3. The van der Waals surface area contributed by atoms with Crippen LogP contribution in [0.4, 0.5) is 0 Å². The molecule has 0 bridgehead atoms. The molecule has 0 saturated heterocycles. The summed E-state index contributed by atoms with van der Waals surface area (Å²) in [6.07, 6.45) is 7.67. The molecular formula is C14H29NO2. The quantitative estimate of drug-likeness (QED) is 0.612. The monoisotopic (exact) mass is 243 g/mol. The second-order valence-corrected chi connectivity index (χ2v) is 5.57. The molecule has 0 spiro atoms. The number of aliphatic hydroxyl groups excluding tert-OH is 2. The van der Waals surface area contributed by atoms with Crippen molar-refractivity contribution in [1.29, 1.82) is 0 Å². The van der Waals surface area contributed by atoms with Gasteiger partial charge in [0.15, 0.2) is 0 Å². The van der Waals surface area contributed by atoms with Crippen LogP contribution in [0, 0.1) is 5.92 Å². The van der Waals surface area contributed by atoms with Gasteiger partial charge in [0.2, 0.25) is 0 Å². The lowest BCUT2D eigenvalue weighted by Gasteiger charge is -2.32. The summed E-state index contributed by atoms with van der Waals surface area (Å²) in [6, 6.07) is 0. The van der Waals surface area contributed by atoms with Gasteiger partial charge in [-0.3, -0.25) is 0 Å². The van der Waals surface area contributed by atoms with Gasteiger partial charge in [-0.2, -0.15) is 0 Å². The first kappa shape index (κ1) is 14.9. The normalized spacial score (nSPS) is 19.8. The molecule has 0 radical (unpaired) electrons. The maximum Gasteiger partial charge on any atom is 0.0667 e. The fourth-order valence-corrected chi connectivity index (χ4v) is 2.83. The van der Waals surface area contributed by atoms with Crippen molar-refractivity contribution in [3.63, 3.8) is 0 Å². The van der Waals surface area contributed by atoms with Crippen LogP contribution in [-0.2, 0) is 0 Å². The van der Waals surface area contributed by atoms with E-state index in [1.165, 1.54) is 25.7 Å². The first-order valence-electron chi connectivity index (χ1n) is 7.19. The molecule has 0 aliphatic heterocycles. The second-order valence-electron chi connectivity index (χ2n) is 5.57. The van der Waals surface area contributed by atoms with Gasteiger partial charge < -0.3 is 15.5 Å². The molecule has 0 aromatic rings. The molecule has 0 aromatic carbocycles. The first-order valence-corrected chi connectivity index (χ1v) is 7.19. The van der Waals surface area contributed by atoms with Crippen molar-refractivity contribution in [1.82, 2.24) is 5.32 Å². The van der Waals surface area contributed by atoms with Crippen molar-refractivity contribution < 1.29 is 10.2 Å². The zero-order chi connectivity index (χ0) is 12.7. The molecule has 1 atom stereocenters. The Labute approximate surface area is 106 Å². The van der Waals surface area contributed by atoms with E-state index in [1.807, 2.05) is 0 Å². The smallest absolute Gasteiger partial charge is 0.0667 e. The SMILES string of the molecule is CCC(CC)(CO)NCC(O)CC1CCCC1. The van der Waals surface area contributed by atoms with E-state index >= 15 is 0 Å². The molecule has 3 heteroatoms. The molecule has 3 N–H and O–H groups in total. The summed E-state index contributed by atoms with van der Waals surface area (Å²) in [5, 5.41) is 22.8. The molecule has 1 fully saturated rings. The average molecular weight is 243 g/mol. The van der Waals surface area contributed by atoms with Crippen molar-refractivity contribution in [2.75, 3.05) is 13.2 Å². The predicted molar refractivity (Wildman–Crippen MR) is 71.0 cm³/mol. The minimum atomic E-state index is -0.262. The molecule has 0 amide bonds. The third-order valence-corrected chi connectivity index (χ3v) is 4.45. The standard InChI is InChI=1S/C14H29NO2/c1-3-14(4-2,11-16)15-10-13(17)9-12-7-5-6-8-12/h12-13,15-17H,3-11H2,1-2H3. The molecular weight excluding hydrogens is 214 g/mol. The topological polar surface area (TPSA) is 52.5 Å². The van der Waals surface area contributed by atoms with Gasteiger partial charge >= 0.3 is 0 Å². The Balaban J connectivity index is 2.27. The third kappa shape index (κ3) is 4.57. The molecule has 1 unspecified atom stereocenters. The van der Waals surface area contributed by atoms with Crippen molar-refractivity contribution in [2.45, 2.75) is 70.4 Å². The molecule has 1 rings (SSSR count). The number of aliphatic hydroxyl groups is 2. The van der Waals surface area contributed by atoms with Gasteiger partial charge in [0.1, 0.15) is 0 Å². The van der Waals surface area contributed by atoms with Crippen LogP contribution in [0.2, 0.25) is 0 Å². The third-order valence-electron chi connectivity index (χ3n) is 4.45. The molecule has 0 aromatic heterocycles. The van der Waals surface area contributed by atoms with E-state index in [1.54, 1.807) is 0 Å². The van der Waals surface area contributed by atoms with Crippen LogP contribution in [0.3, 0.4) is 0 Å². The highest BCUT2D eigenvalue weighted by molar-refractivity contribution is 4.86. The lowest BCUT2D eigenvalue weighted by atomic mass is 9.93. The van der Waals surface area contributed by atoms with Crippen LogP contribution in [0.15, 0.2) is 0 Å². The van der Waals surface area contributed by atoms with E-state index < -0.39 is 0 Å². The van der Waals surface area contributed by atoms with Crippen LogP contribution in [0.1, 0.15) is 58.8 Å². The van der Waals surface area contributed by atoms with E-state index in [0.29, 0.717) is 6.54 Å². The molecule has 1 aliphatic rings. The van der Waals surface area contributed by atoms with Crippen LogP contribution in [0.25, 0.3) is 0 Å². The Bertz CT molecular complexity index is 190.